The van der Waals surface area contributed by atoms with Gasteiger partial charge in [0.25, 0.3) is 5.91 Å². The monoisotopic (exact) mass is 438 g/mol. The minimum Gasteiger partial charge on any atom is -0.342 e. The Bertz CT molecular complexity index is 1010. The second-order valence-electron chi connectivity index (χ2n) is 6.11. The minimum atomic E-state index is -0.567. The number of carbonyl (C=O) groups is 1. The molecule has 3 aromatic rings. The molecule has 0 spiro atoms. The van der Waals surface area contributed by atoms with Crippen LogP contribution >= 0.6 is 35.0 Å². The normalized spacial score (nSPS) is 12.0. The fraction of sp³-hybridized carbons (Fsp3) is 0.211. The molecule has 0 aliphatic carbocycles. The minimum absolute atomic E-state index is 0.00858. The maximum Gasteiger partial charge on any atom is 0.254 e. The van der Waals surface area contributed by atoms with Gasteiger partial charge in [0.15, 0.2) is 11.0 Å². The fourth-order valence-corrected chi connectivity index (χ4v) is 3.77. The van der Waals surface area contributed by atoms with Gasteiger partial charge in [0.05, 0.1) is 21.7 Å². The van der Waals surface area contributed by atoms with Crippen molar-refractivity contribution in [1.29, 1.82) is 0 Å². The standard InChI is InChI=1S/C19H17Cl2FN4OS/c1-11(23-18(27)13-5-3-4-6-16(13)22)17-24-25-19(26(17)2)28-10-12-7-8-14(20)15(21)9-12/h3-9,11H,10H2,1-2H3,(H,23,27)/t11-/m1/s1. The summed E-state index contributed by atoms with van der Waals surface area (Å²) in [7, 11) is 1.82. The molecule has 2 aromatic carbocycles. The van der Waals surface area contributed by atoms with Crippen LogP contribution in [0, 0.1) is 5.82 Å². The lowest BCUT2D eigenvalue weighted by Crippen LogP contribution is -2.29. The molecule has 5 nitrogen and oxygen atoms in total. The first-order valence-corrected chi connectivity index (χ1v) is 10.1. The maximum absolute atomic E-state index is 13.8. The van der Waals surface area contributed by atoms with Gasteiger partial charge in [0.1, 0.15) is 5.82 Å². The maximum atomic E-state index is 13.8. The van der Waals surface area contributed by atoms with Crippen molar-refractivity contribution < 1.29 is 9.18 Å². The van der Waals surface area contributed by atoms with Gasteiger partial charge in [-0.05, 0) is 36.8 Å². The van der Waals surface area contributed by atoms with Crippen LogP contribution in [0.1, 0.15) is 34.7 Å². The Morgan fingerprint density at radius 2 is 1.96 bits per heavy atom. The fourth-order valence-electron chi connectivity index (χ4n) is 2.59. The van der Waals surface area contributed by atoms with Gasteiger partial charge in [-0.1, -0.05) is 53.2 Å². The molecule has 1 aromatic heterocycles. The second-order valence-corrected chi connectivity index (χ2v) is 7.87. The average Bonchev–Trinajstić information content (AvgIpc) is 3.03. The highest BCUT2D eigenvalue weighted by Gasteiger charge is 2.20. The highest BCUT2D eigenvalue weighted by atomic mass is 35.5. The van der Waals surface area contributed by atoms with E-state index in [-0.39, 0.29) is 5.56 Å². The number of thioether (sulfide) groups is 1. The van der Waals surface area contributed by atoms with Crippen LogP contribution in [-0.4, -0.2) is 20.7 Å². The van der Waals surface area contributed by atoms with E-state index in [2.05, 4.69) is 15.5 Å². The smallest absolute Gasteiger partial charge is 0.254 e. The summed E-state index contributed by atoms with van der Waals surface area (Å²) in [5.74, 6) is 0.140. The highest BCUT2D eigenvalue weighted by molar-refractivity contribution is 7.98. The molecular weight excluding hydrogens is 422 g/mol. The van der Waals surface area contributed by atoms with Crippen LogP contribution in [0.5, 0.6) is 0 Å². The molecule has 146 valence electrons. The first-order valence-electron chi connectivity index (χ1n) is 8.38. The topological polar surface area (TPSA) is 59.8 Å². The van der Waals surface area contributed by atoms with Crippen LogP contribution in [0.3, 0.4) is 0 Å². The Labute approximate surface area is 176 Å². The number of hydrogen-bond acceptors (Lipinski definition) is 4. The molecule has 0 bridgehead atoms. The average molecular weight is 439 g/mol. The second kappa shape index (κ2) is 8.94. The van der Waals surface area contributed by atoms with Crippen LogP contribution in [0.25, 0.3) is 0 Å². The zero-order chi connectivity index (χ0) is 20.3. The summed E-state index contributed by atoms with van der Waals surface area (Å²) >= 11 is 13.5. The van der Waals surface area contributed by atoms with Crippen molar-refractivity contribution in [3.05, 3.63) is 75.3 Å². The summed E-state index contributed by atoms with van der Waals surface area (Å²) in [4.78, 5) is 12.3. The van der Waals surface area contributed by atoms with Crippen molar-refractivity contribution in [3.63, 3.8) is 0 Å². The summed E-state index contributed by atoms with van der Waals surface area (Å²) < 4.78 is 15.6. The van der Waals surface area contributed by atoms with Gasteiger partial charge in [0, 0.05) is 12.8 Å². The van der Waals surface area contributed by atoms with E-state index in [1.54, 1.807) is 23.6 Å². The van der Waals surface area contributed by atoms with E-state index in [1.165, 1.54) is 30.0 Å². The lowest BCUT2D eigenvalue weighted by molar-refractivity contribution is 0.0933. The van der Waals surface area contributed by atoms with E-state index in [4.69, 9.17) is 23.2 Å². The van der Waals surface area contributed by atoms with Gasteiger partial charge >= 0.3 is 0 Å². The van der Waals surface area contributed by atoms with Crippen molar-refractivity contribution in [3.8, 4) is 0 Å². The summed E-state index contributed by atoms with van der Waals surface area (Å²) in [5, 5.41) is 12.8. The summed E-state index contributed by atoms with van der Waals surface area (Å²) in [6.45, 7) is 1.77. The SMILES string of the molecule is C[C@@H](NC(=O)c1ccccc1F)c1nnc(SCc2ccc(Cl)c(Cl)c2)n1C. The number of carbonyl (C=O) groups excluding carboxylic acids is 1. The third kappa shape index (κ3) is 4.66. The van der Waals surface area contributed by atoms with Crippen molar-refractivity contribution in [2.24, 2.45) is 7.05 Å². The van der Waals surface area contributed by atoms with E-state index in [0.717, 1.165) is 5.56 Å². The number of rotatable bonds is 6. The third-order valence-electron chi connectivity index (χ3n) is 4.07. The number of hydrogen-bond donors (Lipinski definition) is 1. The van der Waals surface area contributed by atoms with Gasteiger partial charge in [0.2, 0.25) is 0 Å². The van der Waals surface area contributed by atoms with E-state index in [1.807, 2.05) is 19.2 Å². The van der Waals surface area contributed by atoms with E-state index >= 15 is 0 Å². The molecule has 3 rings (SSSR count). The number of aromatic nitrogens is 3. The van der Waals surface area contributed by atoms with Gasteiger partial charge in [-0.3, -0.25) is 4.79 Å². The third-order valence-corrected chi connectivity index (χ3v) is 5.90. The molecule has 0 unspecified atom stereocenters. The molecule has 9 heteroatoms. The van der Waals surface area contributed by atoms with Crippen molar-refractivity contribution in [2.45, 2.75) is 23.9 Å². The van der Waals surface area contributed by atoms with E-state index in [0.29, 0.717) is 26.8 Å². The molecule has 1 heterocycles. The molecule has 0 radical (unpaired) electrons. The Hall–Kier alpha value is -2.09. The lowest BCUT2D eigenvalue weighted by Gasteiger charge is -2.14. The van der Waals surface area contributed by atoms with Crippen LogP contribution in [0.15, 0.2) is 47.6 Å². The van der Waals surface area contributed by atoms with Crippen molar-refractivity contribution >= 4 is 40.9 Å². The van der Waals surface area contributed by atoms with Crippen LogP contribution in [-0.2, 0) is 12.8 Å². The molecule has 0 aliphatic heterocycles. The zero-order valence-electron chi connectivity index (χ0n) is 15.1. The quantitative estimate of drug-likeness (QED) is 0.547. The van der Waals surface area contributed by atoms with Crippen molar-refractivity contribution in [2.75, 3.05) is 0 Å². The number of amides is 1. The number of nitrogens with zero attached hydrogens (tertiary/aromatic N) is 3. The predicted octanol–water partition coefficient (Wildman–Crippen LogP) is 5.04. The van der Waals surface area contributed by atoms with Crippen LogP contribution < -0.4 is 5.32 Å². The molecule has 0 saturated carbocycles. The lowest BCUT2D eigenvalue weighted by atomic mass is 10.2. The Kier molecular flexibility index (Phi) is 6.59. The number of halogens is 3. The molecule has 1 atom stereocenters. The molecule has 0 aliphatic rings. The summed E-state index contributed by atoms with van der Waals surface area (Å²) in [6, 6.07) is 10.9. The molecular formula is C19H17Cl2FN4OS. The number of benzene rings is 2. The van der Waals surface area contributed by atoms with Gasteiger partial charge in [-0.25, -0.2) is 4.39 Å². The van der Waals surface area contributed by atoms with Gasteiger partial charge < -0.3 is 9.88 Å². The predicted molar refractivity (Wildman–Crippen MR) is 109 cm³/mol. The molecule has 0 saturated heterocycles. The molecule has 28 heavy (non-hydrogen) atoms. The first-order chi connectivity index (χ1) is 13.4. The first kappa shape index (κ1) is 20.6. The van der Waals surface area contributed by atoms with Crippen LogP contribution in [0.4, 0.5) is 4.39 Å². The van der Waals surface area contributed by atoms with E-state index in [9.17, 15) is 9.18 Å². The van der Waals surface area contributed by atoms with Gasteiger partial charge in [-0.2, -0.15) is 0 Å². The highest BCUT2D eigenvalue weighted by Crippen LogP contribution is 2.27. The van der Waals surface area contributed by atoms with Gasteiger partial charge in [-0.15, -0.1) is 10.2 Å². The summed E-state index contributed by atoms with van der Waals surface area (Å²) in [6.07, 6.45) is 0. The van der Waals surface area contributed by atoms with Crippen molar-refractivity contribution in [1.82, 2.24) is 20.1 Å². The zero-order valence-corrected chi connectivity index (χ0v) is 17.4. The molecule has 0 fully saturated rings. The molecule has 1 amide bonds. The number of nitrogens with one attached hydrogen (secondary N) is 1. The van der Waals surface area contributed by atoms with Crippen LogP contribution in [0.2, 0.25) is 10.0 Å². The Morgan fingerprint density at radius 1 is 1.21 bits per heavy atom. The Balaban J connectivity index is 1.67. The Morgan fingerprint density at radius 3 is 2.68 bits per heavy atom. The largest absolute Gasteiger partial charge is 0.342 e. The molecule has 1 N–H and O–H groups in total. The van der Waals surface area contributed by atoms with E-state index < -0.39 is 17.8 Å². The summed E-state index contributed by atoms with van der Waals surface area (Å²) in [5.41, 5.74) is 0.996.